The van der Waals surface area contributed by atoms with Crippen molar-refractivity contribution in [2.75, 3.05) is 0 Å². The lowest BCUT2D eigenvalue weighted by atomic mass is 9.83. The van der Waals surface area contributed by atoms with Crippen molar-refractivity contribution >= 4 is 29.9 Å². The summed E-state index contributed by atoms with van der Waals surface area (Å²) in [5, 5.41) is 0.275. The first-order chi connectivity index (χ1) is 14.1. The van der Waals surface area contributed by atoms with Crippen LogP contribution in [0.15, 0.2) is 35.0 Å². The molecular weight excluding hydrogens is 408 g/mol. The van der Waals surface area contributed by atoms with Gasteiger partial charge in [0, 0.05) is 34.3 Å². The van der Waals surface area contributed by atoms with Gasteiger partial charge in [-0.3, -0.25) is 0 Å². The third-order valence-electron chi connectivity index (χ3n) is 6.70. The van der Waals surface area contributed by atoms with Gasteiger partial charge in [0.25, 0.3) is 0 Å². The molecule has 0 radical (unpaired) electrons. The highest BCUT2D eigenvalue weighted by atomic mass is 35.5. The molecule has 0 atom stereocenters. The van der Waals surface area contributed by atoms with Crippen LogP contribution in [0.2, 0.25) is 5.02 Å². The summed E-state index contributed by atoms with van der Waals surface area (Å²) in [7, 11) is 0. The number of benzene rings is 1. The molecule has 158 valence electrons. The summed E-state index contributed by atoms with van der Waals surface area (Å²) in [6.07, 6.45) is 1.26. The molecular formula is C23H25BClF3N2. The zero-order valence-electron chi connectivity index (χ0n) is 18.1. The van der Waals surface area contributed by atoms with Crippen molar-refractivity contribution < 1.29 is 17.5 Å². The van der Waals surface area contributed by atoms with Crippen molar-refractivity contribution in [2.45, 2.75) is 54.4 Å². The number of nitrogens with zero attached hydrogens (tertiary/aromatic N) is 2. The highest BCUT2D eigenvalue weighted by molar-refractivity contribution is 6.58. The number of fused-ring (bicyclic) bond motifs is 2. The molecule has 2 aliphatic heterocycles. The molecule has 1 aromatic carbocycles. The van der Waals surface area contributed by atoms with Gasteiger partial charge in [0.1, 0.15) is 11.5 Å². The molecule has 0 bridgehead atoms. The third-order valence-corrected chi connectivity index (χ3v) is 6.93. The predicted molar refractivity (Wildman–Crippen MR) is 118 cm³/mol. The van der Waals surface area contributed by atoms with Crippen LogP contribution >= 0.6 is 11.6 Å². The number of halogens is 4. The van der Waals surface area contributed by atoms with Gasteiger partial charge < -0.3 is 17.6 Å². The quantitative estimate of drug-likeness (QED) is 0.479. The molecule has 30 heavy (non-hydrogen) atoms. The highest BCUT2D eigenvalue weighted by Crippen LogP contribution is 2.47. The topological polar surface area (TPSA) is 7.94 Å². The molecule has 0 unspecified atom stereocenters. The summed E-state index contributed by atoms with van der Waals surface area (Å²) in [5.74, 6) is -0.513. The summed E-state index contributed by atoms with van der Waals surface area (Å²) < 4.78 is 49.6. The minimum Gasteiger partial charge on any atom is -0.393 e. The van der Waals surface area contributed by atoms with Gasteiger partial charge in [-0.25, -0.2) is 4.39 Å². The molecule has 7 heteroatoms. The van der Waals surface area contributed by atoms with Crippen LogP contribution in [-0.4, -0.2) is 21.6 Å². The number of hydrogen-bond donors (Lipinski definition) is 0. The Balaban J connectivity index is 2.25. The molecule has 0 amide bonds. The maximum atomic E-state index is 16.1. The average molecular weight is 433 g/mol. The summed E-state index contributed by atoms with van der Waals surface area (Å²) in [4.78, 5) is 0. The Morgan fingerprint density at radius 1 is 1.07 bits per heavy atom. The molecule has 2 aliphatic rings. The largest absolute Gasteiger partial charge is 0.737 e. The molecule has 1 aromatic heterocycles. The molecule has 0 spiro atoms. The van der Waals surface area contributed by atoms with Crippen molar-refractivity contribution in [2.24, 2.45) is 0 Å². The molecule has 0 aliphatic carbocycles. The molecule has 0 saturated heterocycles. The zero-order chi connectivity index (χ0) is 22.1. The Kier molecular flexibility index (Phi) is 4.85. The van der Waals surface area contributed by atoms with Crippen LogP contribution in [0.3, 0.4) is 0 Å². The molecule has 4 rings (SSSR count). The van der Waals surface area contributed by atoms with E-state index in [-0.39, 0.29) is 5.02 Å². The standard InChI is InChI=1S/C23H25BClF3N2/c1-7-17-12(3)22-21(19-10-9-16(25)11-20(19)26)23-13(4)18(8-2)15(6)30(23)24(27,28)29(22)14(17)5/h9-11H,7-8H2,1-6H3. The van der Waals surface area contributed by atoms with Gasteiger partial charge in [-0.05, 0) is 68.6 Å². The van der Waals surface area contributed by atoms with Crippen LogP contribution in [0.4, 0.5) is 13.0 Å². The molecule has 0 N–H and O–H groups in total. The summed E-state index contributed by atoms with van der Waals surface area (Å²) in [6.45, 7) is 7.00. The van der Waals surface area contributed by atoms with Crippen LogP contribution in [0.1, 0.15) is 62.2 Å². The third kappa shape index (κ3) is 2.55. The smallest absolute Gasteiger partial charge is 0.393 e. The van der Waals surface area contributed by atoms with Crippen molar-refractivity contribution in [3.05, 3.63) is 74.0 Å². The van der Waals surface area contributed by atoms with Crippen LogP contribution in [0.25, 0.3) is 5.57 Å². The SMILES string of the molecule is CCC1=C(C)C2=C(c3ccc(Cl)cc3F)c3c(C)c(CC)c(C)n3[B-](F)(F)[N+]2=C1C. The first-order valence-electron chi connectivity index (χ1n) is 10.3. The van der Waals surface area contributed by atoms with Crippen molar-refractivity contribution in [1.29, 1.82) is 0 Å². The van der Waals surface area contributed by atoms with E-state index in [9.17, 15) is 0 Å². The maximum Gasteiger partial charge on any atom is 0.737 e. The van der Waals surface area contributed by atoms with Crippen molar-refractivity contribution in [3.63, 3.8) is 0 Å². The number of aromatic nitrogens is 1. The first kappa shape index (κ1) is 21.0. The van der Waals surface area contributed by atoms with E-state index in [0.29, 0.717) is 46.8 Å². The zero-order valence-corrected chi connectivity index (χ0v) is 18.9. The van der Waals surface area contributed by atoms with Crippen LogP contribution in [0.5, 0.6) is 0 Å². The fourth-order valence-electron chi connectivity index (χ4n) is 5.43. The second-order valence-corrected chi connectivity index (χ2v) is 8.55. The van der Waals surface area contributed by atoms with Gasteiger partial charge in [0.15, 0.2) is 5.70 Å². The van der Waals surface area contributed by atoms with E-state index in [4.69, 9.17) is 11.6 Å². The van der Waals surface area contributed by atoms with E-state index >= 15 is 13.0 Å². The monoisotopic (exact) mass is 432 g/mol. The summed E-state index contributed by atoms with van der Waals surface area (Å²) >= 11 is 5.99. The van der Waals surface area contributed by atoms with Gasteiger partial charge in [-0.1, -0.05) is 25.4 Å². The van der Waals surface area contributed by atoms with E-state index in [1.54, 1.807) is 26.0 Å². The first-order valence-corrected chi connectivity index (χ1v) is 10.7. The van der Waals surface area contributed by atoms with Crippen LogP contribution in [-0.2, 0) is 6.42 Å². The van der Waals surface area contributed by atoms with Crippen molar-refractivity contribution in [1.82, 2.24) is 4.48 Å². The summed E-state index contributed by atoms with van der Waals surface area (Å²) in [6, 6.07) is 4.45. The Hall–Kier alpha value is -2.21. The van der Waals surface area contributed by atoms with E-state index in [1.807, 2.05) is 27.7 Å². The van der Waals surface area contributed by atoms with Gasteiger partial charge in [0.2, 0.25) is 0 Å². The number of allylic oxidation sites excluding steroid dienone is 2. The lowest BCUT2D eigenvalue weighted by Crippen LogP contribution is -2.51. The number of hydrogen-bond acceptors (Lipinski definition) is 0. The Bertz CT molecular complexity index is 1200. The predicted octanol–water partition coefficient (Wildman–Crippen LogP) is 6.67. The van der Waals surface area contributed by atoms with Crippen LogP contribution in [0, 0.1) is 19.7 Å². The Labute approximate surface area is 180 Å². The molecule has 3 heterocycles. The second kappa shape index (κ2) is 6.91. The van der Waals surface area contributed by atoms with Gasteiger partial charge in [0.05, 0.1) is 5.57 Å². The maximum absolute atomic E-state index is 16.1. The molecule has 2 nitrogen and oxygen atoms in total. The second-order valence-electron chi connectivity index (χ2n) is 8.11. The van der Waals surface area contributed by atoms with E-state index in [2.05, 4.69) is 0 Å². The van der Waals surface area contributed by atoms with E-state index < -0.39 is 12.8 Å². The average Bonchev–Trinajstić information content (AvgIpc) is 3.08. The van der Waals surface area contributed by atoms with Gasteiger partial charge >= 0.3 is 6.97 Å². The Morgan fingerprint density at radius 3 is 2.30 bits per heavy atom. The fourth-order valence-corrected chi connectivity index (χ4v) is 5.58. The number of rotatable bonds is 3. The van der Waals surface area contributed by atoms with Crippen LogP contribution < -0.4 is 0 Å². The fraction of sp³-hybridized carbons (Fsp3) is 0.348. The summed E-state index contributed by atoms with van der Waals surface area (Å²) in [5.41, 5.74) is 6.03. The van der Waals surface area contributed by atoms with E-state index in [1.165, 1.54) is 6.07 Å². The van der Waals surface area contributed by atoms with Gasteiger partial charge in [-0.15, -0.1) is 0 Å². The van der Waals surface area contributed by atoms with E-state index in [0.717, 1.165) is 31.2 Å². The minimum absolute atomic E-state index is 0.275. The molecule has 0 saturated carbocycles. The molecule has 0 fully saturated rings. The highest BCUT2D eigenvalue weighted by Gasteiger charge is 2.56. The Morgan fingerprint density at radius 2 is 1.73 bits per heavy atom. The normalized spacial score (nSPS) is 17.8. The van der Waals surface area contributed by atoms with Gasteiger partial charge in [-0.2, -0.15) is 0 Å². The minimum atomic E-state index is -4.11. The molecule has 2 aromatic rings. The lowest BCUT2D eigenvalue weighted by molar-refractivity contribution is -0.363. The lowest BCUT2D eigenvalue weighted by Gasteiger charge is -2.34. The van der Waals surface area contributed by atoms with Crippen molar-refractivity contribution in [3.8, 4) is 0 Å².